The van der Waals surface area contributed by atoms with Gasteiger partial charge in [0.25, 0.3) is 0 Å². The van der Waals surface area contributed by atoms with Gasteiger partial charge in [0.05, 0.1) is 41.5 Å². The summed E-state index contributed by atoms with van der Waals surface area (Å²) in [5, 5.41) is 18.6. The van der Waals surface area contributed by atoms with E-state index in [9.17, 15) is 23.2 Å². The highest BCUT2D eigenvalue weighted by Crippen LogP contribution is 2.30. The molecule has 0 unspecified atom stereocenters. The molecule has 0 saturated carbocycles. The topological polar surface area (TPSA) is 268 Å². The summed E-state index contributed by atoms with van der Waals surface area (Å²) in [4.78, 5) is 77.7. The highest BCUT2D eigenvalue weighted by Gasteiger charge is 2.28. The molecule has 13 heterocycles. The monoisotopic (exact) mass is 1910 g/mol. The van der Waals surface area contributed by atoms with Crippen molar-refractivity contribution in [3.05, 3.63) is 206 Å². The molecule has 0 aliphatic carbocycles. The van der Waals surface area contributed by atoms with Crippen molar-refractivity contribution in [2.24, 2.45) is 0 Å². The fraction of sp³-hybridized carbons (Fsp3) is 0.516. The van der Waals surface area contributed by atoms with E-state index in [2.05, 4.69) is 101 Å². The molecule has 710 valence electrons. The second-order valence-electron chi connectivity index (χ2n) is 32.0. The Morgan fingerprint density at radius 2 is 0.719 bits per heavy atom. The number of nitrogens with one attached hydrogen (secondary N) is 5. The Kier molecular flexibility index (Phi) is 55.2. The van der Waals surface area contributed by atoms with Crippen LogP contribution in [0.1, 0.15) is 132 Å². The molecule has 8 aromatic rings. The molecular formula is C93H139Cl7F2N20O6. The molecule has 7 fully saturated rings. The molecule has 7 N–H and O–H groups in total. The molecular weight excluding hydrogens is 1780 g/mol. The van der Waals surface area contributed by atoms with Gasteiger partial charge in [-0.25, -0.2) is 23.2 Å². The molecule has 0 atom stereocenters. The van der Waals surface area contributed by atoms with Crippen LogP contribution < -0.4 is 56.8 Å². The molecule has 7 aliphatic rings. The smallest absolute Gasteiger partial charge is 0.410 e. The first-order valence-electron chi connectivity index (χ1n) is 42.5. The Bertz CT molecular complexity index is 4260. The molecule has 35 heteroatoms. The number of hydrogen-bond donors (Lipinski definition) is 6. The molecule has 26 nitrogen and oxygen atoms in total. The molecule has 2 aromatic carbocycles. The summed E-state index contributed by atoms with van der Waals surface area (Å²) in [5.74, 6) is -0.941. The van der Waals surface area contributed by atoms with Gasteiger partial charge in [-0.2, -0.15) is 0 Å². The normalized spacial score (nSPS) is 15.8. The van der Waals surface area contributed by atoms with Gasteiger partial charge in [0.1, 0.15) is 22.8 Å². The molecule has 6 aromatic heterocycles. The fourth-order valence-electron chi connectivity index (χ4n) is 13.5. The van der Waals surface area contributed by atoms with Gasteiger partial charge in [0.2, 0.25) is 0 Å². The van der Waals surface area contributed by atoms with Gasteiger partial charge in [-0.3, -0.25) is 29.9 Å². The zero-order chi connectivity index (χ0) is 89.7. The van der Waals surface area contributed by atoms with E-state index < -0.39 is 22.8 Å². The number of carbonyl (C=O) groups is 3. The van der Waals surface area contributed by atoms with Gasteiger partial charge in [-0.05, 0) is 229 Å². The van der Waals surface area contributed by atoms with Crippen LogP contribution in [0.5, 0.6) is 0 Å². The number of urea groups is 1. The Labute approximate surface area is 796 Å². The second-order valence-corrected chi connectivity index (χ2v) is 34.4. The summed E-state index contributed by atoms with van der Waals surface area (Å²) in [6, 6.07) is 19.7. The summed E-state index contributed by atoms with van der Waals surface area (Å²) in [5.41, 5.74) is 14.7. The van der Waals surface area contributed by atoms with Crippen molar-refractivity contribution >= 4 is 140 Å². The van der Waals surface area contributed by atoms with Crippen molar-refractivity contribution in [1.29, 1.82) is 0 Å². The maximum absolute atomic E-state index is 13.2. The largest absolute Gasteiger partial charge is 0.444 e. The van der Waals surface area contributed by atoms with Gasteiger partial charge in [0, 0.05) is 247 Å². The quantitative estimate of drug-likeness (QED) is 0.0845. The number of hydrogen-bond acceptors (Lipinski definition) is 22. The van der Waals surface area contributed by atoms with Crippen LogP contribution in [0.3, 0.4) is 0 Å². The summed E-state index contributed by atoms with van der Waals surface area (Å²) >= 11 is 34.4. The zero-order valence-corrected chi connectivity index (χ0v) is 79.0. The molecule has 7 aliphatic heterocycles. The van der Waals surface area contributed by atoms with E-state index in [0.29, 0.717) is 59.2 Å². The Morgan fingerprint density at radius 1 is 0.375 bits per heavy atom. The minimum atomic E-state index is -0.502. The number of carbonyl (C=O) groups excluding carboxylic acids is 3. The van der Waals surface area contributed by atoms with E-state index >= 15 is 0 Å². The number of pyridine rings is 6. The van der Waals surface area contributed by atoms with Crippen molar-refractivity contribution in [2.75, 3.05) is 206 Å². The number of nitrogens with two attached hydrogens (primary N) is 1. The van der Waals surface area contributed by atoms with Gasteiger partial charge in [-0.15, -0.1) is 12.4 Å². The first-order chi connectivity index (χ1) is 59.5. The second kappa shape index (κ2) is 62.1. The van der Waals surface area contributed by atoms with E-state index in [1.165, 1.54) is 110 Å². The van der Waals surface area contributed by atoms with Crippen LogP contribution in [0, 0.1) is 32.4 Å². The summed E-state index contributed by atoms with van der Waals surface area (Å²) in [6.07, 6.45) is 29.6. The molecule has 128 heavy (non-hydrogen) atoms. The minimum absolute atomic E-state index is 0. The number of aryl methyl sites for hydroxylation is 3. The molecule has 0 bridgehead atoms. The van der Waals surface area contributed by atoms with Crippen LogP contribution in [0.2, 0.25) is 30.1 Å². The molecule has 4 amide bonds. The van der Waals surface area contributed by atoms with Gasteiger partial charge in [0.15, 0.2) is 0 Å². The zero-order valence-electron chi connectivity index (χ0n) is 73.6. The number of anilines is 7. The third-order valence-electron chi connectivity index (χ3n) is 19.8. The lowest BCUT2D eigenvalue weighted by atomic mass is 10.2. The number of nitrogens with zero attached hydrogens (tertiary/aromatic N) is 14. The molecule has 0 spiro atoms. The predicted octanol–water partition coefficient (Wildman–Crippen LogP) is 19.8. The number of aromatic nitrogens is 6. The Balaban J connectivity index is 0.000000383. The van der Waals surface area contributed by atoms with Crippen molar-refractivity contribution < 1.29 is 37.4 Å². The van der Waals surface area contributed by atoms with Crippen LogP contribution in [0.25, 0.3) is 0 Å². The van der Waals surface area contributed by atoms with Crippen molar-refractivity contribution in [2.45, 2.75) is 147 Å². The average Bonchev–Trinajstić information content (AvgIpc) is 1.70. The van der Waals surface area contributed by atoms with E-state index in [1.807, 2.05) is 109 Å². The highest BCUT2D eigenvalue weighted by molar-refractivity contribution is 6.41. The lowest BCUT2D eigenvalue weighted by Crippen LogP contribution is -2.39. The fourth-order valence-corrected chi connectivity index (χ4v) is 14.6. The predicted molar refractivity (Wildman–Crippen MR) is 531 cm³/mol. The van der Waals surface area contributed by atoms with E-state index in [4.69, 9.17) is 89.5 Å². The van der Waals surface area contributed by atoms with Crippen LogP contribution in [-0.2, 0) is 14.2 Å². The van der Waals surface area contributed by atoms with E-state index in [0.717, 1.165) is 171 Å². The van der Waals surface area contributed by atoms with Crippen LogP contribution in [0.15, 0.2) is 147 Å². The number of nitrogen functional groups attached to an aromatic ring is 1. The molecule has 15 rings (SSSR count). The van der Waals surface area contributed by atoms with Crippen LogP contribution in [0.4, 0.5) is 63.0 Å². The third-order valence-corrected chi connectivity index (χ3v) is 21.7. The van der Waals surface area contributed by atoms with E-state index in [-0.39, 0.29) is 62.9 Å². The van der Waals surface area contributed by atoms with Crippen molar-refractivity contribution in [1.82, 2.24) is 65.9 Å². The maximum Gasteiger partial charge on any atom is 0.410 e. The minimum Gasteiger partial charge on any atom is -0.444 e. The Hall–Kier alpha value is -8.36. The van der Waals surface area contributed by atoms with Crippen LogP contribution in [-0.4, -0.2) is 244 Å². The summed E-state index contributed by atoms with van der Waals surface area (Å²) in [7, 11) is 0. The number of ether oxygens (including phenoxy) is 3. The van der Waals surface area contributed by atoms with Crippen molar-refractivity contribution in [3.8, 4) is 0 Å². The Morgan fingerprint density at radius 3 is 1.09 bits per heavy atom. The molecule has 7 saturated heterocycles. The summed E-state index contributed by atoms with van der Waals surface area (Å²) in [6.45, 7) is 42.0. The first kappa shape index (κ1) is 114. The number of amides is 4. The third kappa shape index (κ3) is 43.1. The number of benzene rings is 2. The van der Waals surface area contributed by atoms with Crippen LogP contribution >= 0.6 is 82.0 Å². The highest BCUT2D eigenvalue weighted by atomic mass is 35.5. The maximum atomic E-state index is 13.2. The summed E-state index contributed by atoms with van der Waals surface area (Å²) < 4.78 is 41.4. The first-order valence-corrected chi connectivity index (χ1v) is 44.8. The lowest BCUT2D eigenvalue weighted by molar-refractivity contribution is 0.0252. The van der Waals surface area contributed by atoms with Gasteiger partial charge in [-0.1, -0.05) is 91.9 Å². The number of halogens is 9. The van der Waals surface area contributed by atoms with E-state index in [1.54, 1.807) is 53.0 Å². The van der Waals surface area contributed by atoms with Crippen molar-refractivity contribution in [3.63, 3.8) is 0 Å². The van der Waals surface area contributed by atoms with Gasteiger partial charge < -0.3 is 85.7 Å². The van der Waals surface area contributed by atoms with Gasteiger partial charge >= 0.3 is 18.2 Å². The average molecular weight is 1920 g/mol. The molecule has 0 radical (unpaired) electrons. The lowest BCUT2D eigenvalue weighted by Gasteiger charge is -2.27. The SMILES string of the molecule is C.C.C.C1CCOC1.C1CNCCNC1.CC(C)(C)OC(=O)N1CCCN(c2ccncc2Cl)CC1.Cc1cnccc1N1CCCN(C(=O)Nc2ccc(F)c(Cl)c2)CC1.Cc1cnccc1N1CCCN(C(=O)OC(C)(C)C)CC1.Cc1cnccc1N1CCCNCC1.Cl.Clc1ccncc1Cl.Clc1cnccc1N1CCCNCC1.Nc1ccc(F)c(Cl)c1. The standard InChI is InChI=1S/C18H20ClFN4O.C16H25N3O2.C15H22ClN3O2.C11H17N3.C10H14ClN3.C6H5ClFN.C5H3Cl2N.C5H12N2.C4H8O.3CH4.ClH/c1-13-12-21-6-5-17(13)23-7-2-8-24(10-9-23)18(25)22-14-3-4-16(20)15(19)11-14;1-13-12-17-7-6-14(13)18-8-5-9-19(11-10-18)15(20)21-16(2,3)4;1-15(2,3)21-14(20)19-8-4-7-18(9-10-19)13-5-6-17-11-12(13)16;1-10-9-13-5-3-11(10)14-7-2-4-12-6-8-14;11-9-8-13-4-2-10(9)14-6-1-3-12-5-7-14;7-5-3-4(9)1-2-6(5)8;6-4-1-2-8-3-5(4)7;1-2-6-4-5-7-3-1;1-2-4-5-3-1;;;;/h3-6,11-12H,2,7-10H2,1H3,(H,22,25);6-7,12H,5,8-11H2,1-4H3;5-6,11H,4,7-10H2,1-3H3;3,5,9,12H,2,4,6-8H2,1H3;2,4,8,12H,1,3,5-7H2;1-3H,9H2;1-3H;6-7H,1-5H2;1-4H2;3*1H4;1H. The number of rotatable bonds is 6.